The Morgan fingerprint density at radius 1 is 1.17 bits per heavy atom. The van der Waals surface area contributed by atoms with Gasteiger partial charge in [-0.2, -0.15) is 0 Å². The third-order valence-electron chi connectivity index (χ3n) is 4.19. The molecule has 4 nitrogen and oxygen atoms in total. The number of halogens is 3. The molecular weight excluding hydrogens is 529 g/mol. The molecule has 1 aliphatic heterocycles. The lowest BCUT2D eigenvalue weighted by atomic mass is 10.1. The van der Waals surface area contributed by atoms with Crippen LogP contribution in [-0.2, 0) is 11.4 Å². The van der Waals surface area contributed by atoms with E-state index < -0.39 is 0 Å². The summed E-state index contributed by atoms with van der Waals surface area (Å²) < 4.78 is 13.1. The molecule has 1 fully saturated rings. The SMILES string of the molecule is CCOc1cc(/C=C2\SC(=S)N(CC)C2=O)cc(Br)c1OCc1ccc(Cl)c(Cl)c1. The van der Waals surface area contributed by atoms with E-state index in [0.29, 0.717) is 55.0 Å². The molecule has 1 amide bonds. The summed E-state index contributed by atoms with van der Waals surface area (Å²) in [5.74, 6) is 1.06. The van der Waals surface area contributed by atoms with Crippen molar-refractivity contribution in [3.63, 3.8) is 0 Å². The Morgan fingerprint density at radius 2 is 1.93 bits per heavy atom. The van der Waals surface area contributed by atoms with Crippen molar-refractivity contribution in [2.45, 2.75) is 20.5 Å². The Kier molecular flexibility index (Phi) is 8.10. The van der Waals surface area contributed by atoms with Gasteiger partial charge < -0.3 is 9.47 Å². The van der Waals surface area contributed by atoms with Gasteiger partial charge in [-0.1, -0.05) is 53.2 Å². The smallest absolute Gasteiger partial charge is 0.266 e. The molecule has 2 aromatic carbocycles. The van der Waals surface area contributed by atoms with Gasteiger partial charge in [0.15, 0.2) is 11.5 Å². The van der Waals surface area contributed by atoms with E-state index in [0.717, 1.165) is 11.1 Å². The number of hydrogen-bond acceptors (Lipinski definition) is 5. The van der Waals surface area contributed by atoms with Crippen molar-refractivity contribution in [2.75, 3.05) is 13.2 Å². The molecule has 0 aliphatic carbocycles. The largest absolute Gasteiger partial charge is 0.490 e. The molecule has 1 saturated heterocycles. The van der Waals surface area contributed by atoms with E-state index in [2.05, 4.69) is 15.9 Å². The molecule has 0 radical (unpaired) electrons. The van der Waals surface area contributed by atoms with Gasteiger partial charge >= 0.3 is 0 Å². The summed E-state index contributed by atoms with van der Waals surface area (Å²) in [6.45, 7) is 5.12. The van der Waals surface area contributed by atoms with E-state index in [9.17, 15) is 4.79 Å². The number of benzene rings is 2. The number of carbonyl (C=O) groups is 1. The summed E-state index contributed by atoms with van der Waals surface area (Å²) in [6, 6.07) is 9.08. The Bertz CT molecular complexity index is 1030. The van der Waals surface area contributed by atoms with Crippen LogP contribution in [0.1, 0.15) is 25.0 Å². The fourth-order valence-corrected chi connectivity index (χ4v) is 5.06. The number of hydrogen-bond donors (Lipinski definition) is 0. The Morgan fingerprint density at radius 3 is 2.57 bits per heavy atom. The molecule has 0 aromatic heterocycles. The van der Waals surface area contributed by atoms with Gasteiger partial charge in [0.05, 0.1) is 26.0 Å². The minimum absolute atomic E-state index is 0.0819. The van der Waals surface area contributed by atoms with Crippen molar-refractivity contribution >= 4 is 79.4 Å². The van der Waals surface area contributed by atoms with E-state index in [-0.39, 0.29) is 5.91 Å². The summed E-state index contributed by atoms with van der Waals surface area (Å²) >= 11 is 22.2. The fraction of sp³-hybridized carbons (Fsp3) is 0.238. The van der Waals surface area contributed by atoms with Crippen LogP contribution in [0.25, 0.3) is 6.08 Å². The van der Waals surface area contributed by atoms with Crippen molar-refractivity contribution < 1.29 is 14.3 Å². The van der Waals surface area contributed by atoms with Crippen molar-refractivity contribution in [1.82, 2.24) is 4.90 Å². The highest BCUT2D eigenvalue weighted by atomic mass is 79.9. The summed E-state index contributed by atoms with van der Waals surface area (Å²) in [5, 5.41) is 0.969. The van der Waals surface area contributed by atoms with Crippen LogP contribution < -0.4 is 9.47 Å². The second-order valence-corrected chi connectivity index (χ2v) is 9.57. The molecule has 2 aromatic rings. The number of amides is 1. The molecular formula is C21H18BrCl2NO3S2. The average molecular weight is 547 g/mol. The number of ether oxygens (including phenoxy) is 2. The van der Waals surface area contributed by atoms with E-state index in [1.54, 1.807) is 17.0 Å². The van der Waals surface area contributed by atoms with Crippen molar-refractivity contribution in [1.29, 1.82) is 0 Å². The van der Waals surface area contributed by atoms with Crippen molar-refractivity contribution in [2.24, 2.45) is 0 Å². The molecule has 0 unspecified atom stereocenters. The molecule has 0 atom stereocenters. The van der Waals surface area contributed by atoms with Gasteiger partial charge in [-0.15, -0.1) is 0 Å². The minimum atomic E-state index is -0.0819. The standard InChI is InChI=1S/C21H18BrCl2NO3S2/c1-3-25-20(26)18(30-21(25)29)10-13-7-14(22)19(17(9-13)27-4-2)28-11-12-5-6-15(23)16(24)8-12/h5-10H,3-4,11H2,1-2H3/b18-10-. The normalized spacial score (nSPS) is 15.2. The van der Waals surface area contributed by atoms with Crippen LogP contribution in [0.3, 0.4) is 0 Å². The van der Waals surface area contributed by atoms with Gasteiger partial charge in [0.1, 0.15) is 10.9 Å². The zero-order valence-electron chi connectivity index (χ0n) is 16.2. The number of likely N-dealkylation sites (N-methyl/N-ethyl adjacent to an activating group) is 1. The number of carbonyl (C=O) groups excluding carboxylic acids is 1. The van der Waals surface area contributed by atoms with E-state index in [4.69, 9.17) is 44.9 Å². The quantitative estimate of drug-likeness (QED) is 0.277. The topological polar surface area (TPSA) is 38.8 Å². The first-order valence-electron chi connectivity index (χ1n) is 9.12. The van der Waals surface area contributed by atoms with E-state index >= 15 is 0 Å². The first-order chi connectivity index (χ1) is 14.3. The molecule has 158 valence electrons. The third kappa shape index (κ3) is 5.32. The maximum absolute atomic E-state index is 12.5. The zero-order chi connectivity index (χ0) is 21.8. The molecule has 1 aliphatic rings. The first-order valence-corrected chi connectivity index (χ1v) is 11.9. The lowest BCUT2D eigenvalue weighted by Gasteiger charge is -2.15. The first kappa shape index (κ1) is 23.4. The van der Waals surface area contributed by atoms with Gasteiger partial charge in [-0.05, 0) is 71.2 Å². The monoisotopic (exact) mass is 545 g/mol. The summed E-state index contributed by atoms with van der Waals surface area (Å²) in [6.07, 6.45) is 1.81. The van der Waals surface area contributed by atoms with Gasteiger partial charge in [0, 0.05) is 6.54 Å². The maximum atomic E-state index is 12.5. The summed E-state index contributed by atoms with van der Waals surface area (Å²) in [4.78, 5) is 14.7. The Balaban J connectivity index is 1.87. The predicted molar refractivity (Wildman–Crippen MR) is 132 cm³/mol. The van der Waals surface area contributed by atoms with E-state index in [1.165, 1.54) is 11.8 Å². The number of nitrogens with zero attached hydrogens (tertiary/aromatic N) is 1. The van der Waals surface area contributed by atoms with Crippen molar-refractivity contribution in [3.8, 4) is 11.5 Å². The Hall–Kier alpha value is -1.25. The van der Waals surface area contributed by atoms with Crippen LogP contribution in [0.5, 0.6) is 11.5 Å². The second kappa shape index (κ2) is 10.4. The van der Waals surface area contributed by atoms with Crippen LogP contribution >= 0.6 is 63.1 Å². The highest BCUT2D eigenvalue weighted by Gasteiger charge is 2.30. The van der Waals surface area contributed by atoms with E-state index in [1.807, 2.05) is 38.1 Å². The van der Waals surface area contributed by atoms with Crippen LogP contribution in [0, 0.1) is 0 Å². The van der Waals surface area contributed by atoms with Gasteiger partial charge in [0.2, 0.25) is 0 Å². The van der Waals surface area contributed by atoms with Gasteiger partial charge in [-0.25, -0.2) is 0 Å². The highest BCUT2D eigenvalue weighted by molar-refractivity contribution is 9.10. The molecule has 0 spiro atoms. The third-order valence-corrected chi connectivity index (χ3v) is 6.89. The average Bonchev–Trinajstić information content (AvgIpc) is 2.96. The van der Waals surface area contributed by atoms with Crippen LogP contribution in [0.4, 0.5) is 0 Å². The molecule has 0 bridgehead atoms. The molecule has 30 heavy (non-hydrogen) atoms. The molecule has 0 saturated carbocycles. The van der Waals surface area contributed by atoms with Crippen molar-refractivity contribution in [3.05, 3.63) is 60.9 Å². The summed E-state index contributed by atoms with van der Waals surface area (Å²) in [5.41, 5.74) is 1.69. The van der Waals surface area contributed by atoms with Gasteiger partial charge in [-0.3, -0.25) is 9.69 Å². The van der Waals surface area contributed by atoms with Crippen LogP contribution in [-0.4, -0.2) is 28.3 Å². The second-order valence-electron chi connectivity index (χ2n) is 6.23. The molecule has 1 heterocycles. The number of thiocarbonyl (C=S) groups is 1. The highest BCUT2D eigenvalue weighted by Crippen LogP contribution is 2.40. The Labute approximate surface area is 203 Å². The fourth-order valence-electron chi connectivity index (χ4n) is 2.78. The lowest BCUT2D eigenvalue weighted by Crippen LogP contribution is -2.27. The zero-order valence-corrected chi connectivity index (χ0v) is 20.9. The van der Waals surface area contributed by atoms with Gasteiger partial charge in [0.25, 0.3) is 5.91 Å². The summed E-state index contributed by atoms with van der Waals surface area (Å²) in [7, 11) is 0. The molecule has 0 N–H and O–H groups in total. The minimum Gasteiger partial charge on any atom is -0.490 e. The molecule has 9 heteroatoms. The number of thioether (sulfide) groups is 1. The number of rotatable bonds is 7. The van der Waals surface area contributed by atoms with Crippen LogP contribution in [0.2, 0.25) is 10.0 Å². The lowest BCUT2D eigenvalue weighted by molar-refractivity contribution is -0.121. The maximum Gasteiger partial charge on any atom is 0.266 e. The predicted octanol–water partition coefficient (Wildman–Crippen LogP) is 6.95. The molecule has 3 rings (SSSR count). The van der Waals surface area contributed by atoms with Crippen LogP contribution in [0.15, 0.2) is 39.7 Å².